The van der Waals surface area contributed by atoms with Crippen molar-refractivity contribution in [3.63, 3.8) is 0 Å². The zero-order valence-electron chi connectivity index (χ0n) is 13.7. The number of ether oxygens (including phenoxy) is 2. The number of methoxy groups -OCH3 is 2. The molecule has 0 amide bonds. The quantitative estimate of drug-likeness (QED) is 0.323. The average Bonchev–Trinajstić information content (AvgIpc) is 2.56. The van der Waals surface area contributed by atoms with Crippen LogP contribution in [-0.4, -0.2) is 41.6 Å². The van der Waals surface area contributed by atoms with Gasteiger partial charge in [0.1, 0.15) is 5.25 Å². The Labute approximate surface area is 149 Å². The summed E-state index contributed by atoms with van der Waals surface area (Å²) in [5, 5.41) is 0.978. The third kappa shape index (κ3) is 4.28. The van der Waals surface area contributed by atoms with E-state index in [0.29, 0.717) is 40.7 Å². The molecule has 0 radical (unpaired) electrons. The molecule has 130 valence electrons. The zero-order valence-corrected chi connectivity index (χ0v) is 15.3. The van der Waals surface area contributed by atoms with Gasteiger partial charge in [0.2, 0.25) is 0 Å². The van der Waals surface area contributed by atoms with Crippen molar-refractivity contribution in [2.45, 2.75) is 30.3 Å². The number of benzene rings is 1. The highest BCUT2D eigenvalue weighted by Crippen LogP contribution is 2.24. The minimum absolute atomic E-state index is 0.160. The van der Waals surface area contributed by atoms with E-state index in [1.165, 1.54) is 18.9 Å². The molecule has 0 aliphatic heterocycles. The van der Waals surface area contributed by atoms with Gasteiger partial charge in [-0.15, -0.1) is 0 Å². The largest absolute Gasteiger partial charge is 0.468 e. The molecule has 0 aliphatic rings. The lowest BCUT2D eigenvalue weighted by Crippen LogP contribution is -2.26. The van der Waals surface area contributed by atoms with Crippen molar-refractivity contribution >= 4 is 40.2 Å². The van der Waals surface area contributed by atoms with Crippen molar-refractivity contribution in [1.29, 1.82) is 0 Å². The van der Waals surface area contributed by atoms with Gasteiger partial charge in [-0.1, -0.05) is 23.4 Å². The van der Waals surface area contributed by atoms with Crippen LogP contribution in [0.2, 0.25) is 5.02 Å². The molecule has 24 heavy (non-hydrogen) atoms. The lowest BCUT2D eigenvalue weighted by atomic mass is 10.2. The molecule has 0 bridgehead atoms. The van der Waals surface area contributed by atoms with Crippen molar-refractivity contribution in [2.24, 2.45) is 0 Å². The molecule has 0 fully saturated rings. The van der Waals surface area contributed by atoms with Crippen molar-refractivity contribution < 1.29 is 14.3 Å². The number of carbonyl (C=O) groups excluding carboxylic acids is 1. The third-order valence-electron chi connectivity index (χ3n) is 3.43. The predicted molar refractivity (Wildman–Crippen MR) is 94.8 cm³/mol. The van der Waals surface area contributed by atoms with Gasteiger partial charge in [0.15, 0.2) is 5.16 Å². The summed E-state index contributed by atoms with van der Waals surface area (Å²) in [6.07, 6.45) is 0.664. The molecule has 1 aromatic heterocycles. The maximum absolute atomic E-state index is 12.8. The first-order valence-corrected chi connectivity index (χ1v) is 8.67. The molecular formula is C16H19ClN2O4S. The number of rotatable bonds is 7. The Morgan fingerprint density at radius 1 is 1.42 bits per heavy atom. The van der Waals surface area contributed by atoms with Crippen LogP contribution >= 0.6 is 23.4 Å². The van der Waals surface area contributed by atoms with Gasteiger partial charge in [-0.3, -0.25) is 14.2 Å². The highest BCUT2D eigenvalue weighted by atomic mass is 35.5. The molecule has 0 spiro atoms. The van der Waals surface area contributed by atoms with Gasteiger partial charge in [-0.25, -0.2) is 4.98 Å². The van der Waals surface area contributed by atoms with E-state index in [0.717, 1.165) is 0 Å². The SMILES string of the molecule is COCCCn1c(SC(C)C(=O)OC)nc2cc(Cl)ccc2c1=O. The van der Waals surface area contributed by atoms with Gasteiger partial charge in [0, 0.05) is 25.3 Å². The number of halogens is 1. The van der Waals surface area contributed by atoms with Crippen LogP contribution in [0.25, 0.3) is 10.9 Å². The van der Waals surface area contributed by atoms with E-state index >= 15 is 0 Å². The summed E-state index contributed by atoms with van der Waals surface area (Å²) >= 11 is 7.19. The van der Waals surface area contributed by atoms with E-state index < -0.39 is 5.25 Å². The average molecular weight is 371 g/mol. The van der Waals surface area contributed by atoms with Gasteiger partial charge in [-0.05, 0) is 31.5 Å². The lowest BCUT2D eigenvalue weighted by Gasteiger charge is -2.15. The van der Waals surface area contributed by atoms with E-state index in [9.17, 15) is 9.59 Å². The Morgan fingerprint density at radius 2 is 2.17 bits per heavy atom. The highest BCUT2D eigenvalue weighted by molar-refractivity contribution is 8.00. The number of hydrogen-bond donors (Lipinski definition) is 0. The van der Waals surface area contributed by atoms with Gasteiger partial charge in [0.25, 0.3) is 5.56 Å². The molecule has 0 saturated carbocycles. The van der Waals surface area contributed by atoms with Crippen LogP contribution in [0.15, 0.2) is 28.2 Å². The zero-order chi connectivity index (χ0) is 17.7. The van der Waals surface area contributed by atoms with Crippen LogP contribution in [0.5, 0.6) is 0 Å². The van der Waals surface area contributed by atoms with Gasteiger partial charge >= 0.3 is 5.97 Å². The van der Waals surface area contributed by atoms with Crippen molar-refractivity contribution in [3.8, 4) is 0 Å². The molecule has 0 N–H and O–H groups in total. The fourth-order valence-electron chi connectivity index (χ4n) is 2.20. The van der Waals surface area contributed by atoms with Gasteiger partial charge in [0.05, 0.1) is 18.0 Å². The van der Waals surface area contributed by atoms with E-state index in [-0.39, 0.29) is 11.5 Å². The van der Waals surface area contributed by atoms with Gasteiger partial charge in [-0.2, -0.15) is 0 Å². The normalized spacial score (nSPS) is 12.3. The molecule has 8 heteroatoms. The molecule has 1 aromatic carbocycles. The number of nitrogens with zero attached hydrogens (tertiary/aromatic N) is 2. The number of hydrogen-bond acceptors (Lipinski definition) is 6. The second kappa shape index (κ2) is 8.50. The van der Waals surface area contributed by atoms with Crippen molar-refractivity contribution in [2.75, 3.05) is 20.8 Å². The Hall–Kier alpha value is -1.57. The summed E-state index contributed by atoms with van der Waals surface area (Å²) in [7, 11) is 2.94. The first kappa shape index (κ1) is 18.8. The van der Waals surface area contributed by atoms with Crippen LogP contribution in [0.4, 0.5) is 0 Å². The fourth-order valence-corrected chi connectivity index (χ4v) is 3.33. The van der Waals surface area contributed by atoms with E-state index in [4.69, 9.17) is 21.1 Å². The highest BCUT2D eigenvalue weighted by Gasteiger charge is 2.19. The first-order chi connectivity index (χ1) is 11.5. The summed E-state index contributed by atoms with van der Waals surface area (Å²) in [6, 6.07) is 4.97. The standard InChI is InChI=1S/C16H19ClN2O4S/c1-10(15(21)23-3)24-16-18-13-9-11(17)5-6-12(13)14(20)19(16)7-4-8-22-2/h5-6,9-10H,4,7-8H2,1-3H3. The smallest absolute Gasteiger partial charge is 0.318 e. The van der Waals surface area contributed by atoms with E-state index in [1.54, 1.807) is 36.8 Å². The second-order valence-corrected chi connectivity index (χ2v) is 6.89. The molecule has 1 atom stereocenters. The lowest BCUT2D eigenvalue weighted by molar-refractivity contribution is -0.139. The Morgan fingerprint density at radius 3 is 2.83 bits per heavy atom. The van der Waals surface area contributed by atoms with Crippen molar-refractivity contribution in [3.05, 3.63) is 33.6 Å². The molecular weight excluding hydrogens is 352 g/mol. The fraction of sp³-hybridized carbons (Fsp3) is 0.438. The number of esters is 1. The van der Waals surface area contributed by atoms with Crippen LogP contribution in [0.1, 0.15) is 13.3 Å². The van der Waals surface area contributed by atoms with Crippen molar-refractivity contribution in [1.82, 2.24) is 9.55 Å². The molecule has 2 aromatic rings. The molecule has 1 heterocycles. The molecule has 0 saturated heterocycles. The minimum atomic E-state index is -0.479. The Kier molecular flexibility index (Phi) is 6.65. The van der Waals surface area contributed by atoms with Crippen LogP contribution in [0, 0.1) is 0 Å². The maximum Gasteiger partial charge on any atom is 0.318 e. The topological polar surface area (TPSA) is 70.4 Å². The predicted octanol–water partition coefficient (Wildman–Crippen LogP) is 2.74. The number of thioether (sulfide) groups is 1. The van der Waals surface area contributed by atoms with E-state index in [2.05, 4.69) is 4.98 Å². The first-order valence-electron chi connectivity index (χ1n) is 7.41. The summed E-state index contributed by atoms with van der Waals surface area (Å²) < 4.78 is 11.4. The summed E-state index contributed by atoms with van der Waals surface area (Å²) in [5.41, 5.74) is 0.349. The van der Waals surface area contributed by atoms with Crippen LogP contribution < -0.4 is 5.56 Å². The van der Waals surface area contributed by atoms with Gasteiger partial charge < -0.3 is 9.47 Å². The number of carbonyl (C=O) groups is 1. The third-order valence-corrected chi connectivity index (χ3v) is 4.73. The Balaban J connectivity index is 2.49. The maximum atomic E-state index is 12.8. The molecule has 6 nitrogen and oxygen atoms in total. The molecule has 1 unspecified atom stereocenters. The molecule has 0 aliphatic carbocycles. The second-order valence-electron chi connectivity index (χ2n) is 5.14. The summed E-state index contributed by atoms with van der Waals surface area (Å²) in [4.78, 5) is 29.0. The van der Waals surface area contributed by atoms with Crippen LogP contribution in [0.3, 0.4) is 0 Å². The summed E-state index contributed by atoms with van der Waals surface area (Å²) in [6.45, 7) is 2.69. The number of aromatic nitrogens is 2. The van der Waals surface area contributed by atoms with E-state index in [1.807, 2.05) is 0 Å². The molecule has 2 rings (SSSR count). The summed E-state index contributed by atoms with van der Waals surface area (Å²) in [5.74, 6) is -0.371. The Bertz CT molecular complexity index is 793. The minimum Gasteiger partial charge on any atom is -0.468 e. The van der Waals surface area contributed by atoms with Crippen LogP contribution in [-0.2, 0) is 20.8 Å². The number of fused-ring (bicyclic) bond motifs is 1. The monoisotopic (exact) mass is 370 g/mol.